The molecule has 0 bridgehead atoms. The molecule has 0 spiro atoms. The molecular formula is ClF6NS2. The van der Waals surface area contributed by atoms with E-state index in [0.29, 0.717) is 3.77 Å². The molecule has 0 N–H and O–H groups in total. The summed E-state index contributed by atoms with van der Waals surface area (Å²) in [5.41, 5.74) is 0. The molecule has 0 radical (unpaired) electrons. The van der Waals surface area contributed by atoms with Gasteiger partial charge < -0.3 is 0 Å². The Balaban J connectivity index is 4.96. The first-order valence-corrected chi connectivity index (χ1v) is 5.26. The normalized spacial score (nSPS) is 23.5. The molecule has 0 heterocycles. The van der Waals surface area contributed by atoms with Crippen LogP contribution in [0.1, 0.15) is 0 Å². The van der Waals surface area contributed by atoms with Crippen molar-refractivity contribution >= 4 is 31.4 Å². The van der Waals surface area contributed by atoms with Crippen LogP contribution in [-0.2, 0) is 10.3 Å². The van der Waals surface area contributed by atoms with Crippen LogP contribution < -0.4 is 0 Å². The first-order chi connectivity index (χ1) is 3.89. The van der Waals surface area contributed by atoms with Gasteiger partial charge in [0.25, 0.3) is 0 Å². The summed E-state index contributed by atoms with van der Waals surface area (Å²) in [5, 5.41) is 0. The molecule has 0 saturated heterocycles. The molecule has 10 heavy (non-hydrogen) atoms. The van der Waals surface area contributed by atoms with Crippen molar-refractivity contribution < 1.29 is 23.3 Å². The highest BCUT2D eigenvalue weighted by Crippen LogP contribution is 2.99. The van der Waals surface area contributed by atoms with Gasteiger partial charge in [0.2, 0.25) is 0 Å². The maximum absolute atomic E-state index is 11.1. The minimum atomic E-state index is -9.97. The Bertz CT molecular complexity index is 169. The van der Waals surface area contributed by atoms with Crippen molar-refractivity contribution in [3.8, 4) is 0 Å². The number of halogens is 7. The molecule has 0 aromatic heterocycles. The van der Waals surface area contributed by atoms with E-state index in [1.165, 1.54) is 0 Å². The fourth-order valence-corrected chi connectivity index (χ4v) is 1.92. The Kier molecular flexibility index (Phi) is 1.81. The lowest BCUT2D eigenvalue weighted by molar-refractivity contribution is 0.368. The van der Waals surface area contributed by atoms with Crippen LogP contribution in [0.3, 0.4) is 0 Å². The quantitative estimate of drug-likeness (QED) is 0.600. The SMILES string of the molecule is F/S(Cl)=N\S(F)(F)(F)(F)F. The van der Waals surface area contributed by atoms with Gasteiger partial charge in [0.05, 0.1) is 0 Å². The first kappa shape index (κ1) is 10.4. The monoisotopic (exact) mass is 227 g/mol. The van der Waals surface area contributed by atoms with Crippen LogP contribution in [0.15, 0.2) is 3.77 Å². The van der Waals surface area contributed by atoms with E-state index >= 15 is 0 Å². The van der Waals surface area contributed by atoms with Gasteiger partial charge in [-0.2, -0.15) is 0 Å². The van der Waals surface area contributed by atoms with Crippen LogP contribution in [0.4, 0.5) is 23.3 Å². The van der Waals surface area contributed by atoms with Crippen molar-refractivity contribution in [2.24, 2.45) is 3.77 Å². The van der Waals surface area contributed by atoms with E-state index in [-0.39, 0.29) is 0 Å². The zero-order chi connectivity index (χ0) is 8.69. The predicted molar refractivity (Wildman–Crippen MR) is 29.9 cm³/mol. The molecule has 0 rings (SSSR count). The van der Waals surface area contributed by atoms with Crippen LogP contribution in [0.25, 0.3) is 0 Å². The summed E-state index contributed by atoms with van der Waals surface area (Å²) < 4.78 is 66.6. The second-order valence-electron chi connectivity index (χ2n) is 1.20. The summed E-state index contributed by atoms with van der Waals surface area (Å²) in [4.78, 5) is 0. The van der Waals surface area contributed by atoms with Gasteiger partial charge in [-0.3, -0.25) is 0 Å². The fourth-order valence-electron chi connectivity index (χ4n) is 0.106. The molecule has 0 aliphatic heterocycles. The highest BCUT2D eigenvalue weighted by molar-refractivity contribution is 8.47. The van der Waals surface area contributed by atoms with E-state index in [0.717, 1.165) is 0 Å². The summed E-state index contributed by atoms with van der Waals surface area (Å²) in [7, 11) is -9.69. The molecule has 10 heteroatoms. The third-order valence-corrected chi connectivity index (χ3v) is 2.28. The molecule has 1 unspecified atom stereocenters. The van der Waals surface area contributed by atoms with Crippen molar-refractivity contribution in [1.29, 1.82) is 0 Å². The lowest BCUT2D eigenvalue weighted by Crippen LogP contribution is -1.99. The van der Waals surface area contributed by atoms with Crippen LogP contribution in [0.2, 0.25) is 0 Å². The Hall–Kier alpha value is 0.370. The van der Waals surface area contributed by atoms with Crippen LogP contribution in [-0.4, -0.2) is 0 Å². The molecular weight excluding hydrogens is 228 g/mol. The average Bonchev–Trinajstić information content (AvgIpc) is 1.12. The lowest BCUT2D eigenvalue weighted by Gasteiger charge is -2.33. The van der Waals surface area contributed by atoms with Crippen LogP contribution in [0.5, 0.6) is 0 Å². The predicted octanol–water partition coefficient (Wildman–Crippen LogP) is 4.04. The molecule has 66 valence electrons. The van der Waals surface area contributed by atoms with E-state index in [1.807, 2.05) is 0 Å². The Morgan fingerprint density at radius 2 is 1.40 bits per heavy atom. The Morgan fingerprint density at radius 3 is 1.40 bits per heavy atom. The third kappa shape index (κ3) is 8.37. The average molecular weight is 228 g/mol. The van der Waals surface area contributed by atoms with E-state index in [4.69, 9.17) is 0 Å². The zero-order valence-electron chi connectivity index (χ0n) is 3.91. The zero-order valence-corrected chi connectivity index (χ0v) is 6.30. The standard InChI is InChI=1S/ClF6NS2/c1-9(2)8-10(3,4,5,6)7. The molecule has 0 aromatic carbocycles. The van der Waals surface area contributed by atoms with Crippen molar-refractivity contribution in [3.63, 3.8) is 0 Å². The fraction of sp³-hybridized carbons (Fsp3) is 0. The van der Waals surface area contributed by atoms with Crippen LogP contribution >= 0.6 is 21.1 Å². The lowest BCUT2D eigenvalue weighted by atomic mass is 13.9. The van der Waals surface area contributed by atoms with Gasteiger partial charge in [-0.1, -0.05) is 23.2 Å². The largest absolute Gasteiger partial charge is 0.390 e. The second-order valence-corrected chi connectivity index (χ2v) is 4.81. The van der Waals surface area contributed by atoms with E-state index in [2.05, 4.69) is 10.7 Å². The van der Waals surface area contributed by atoms with Gasteiger partial charge >= 0.3 is 10.4 Å². The first-order valence-electron chi connectivity index (χ1n) is 1.45. The highest BCUT2D eigenvalue weighted by atomic mass is 35.7. The molecule has 0 aromatic rings. The van der Waals surface area contributed by atoms with Crippen molar-refractivity contribution in [1.82, 2.24) is 0 Å². The smallest absolute Gasteiger partial charge is 0.136 e. The number of nitrogens with zero attached hydrogens (tertiary/aromatic N) is 1. The van der Waals surface area contributed by atoms with Gasteiger partial charge in [-0.05, 0) is 0 Å². The highest BCUT2D eigenvalue weighted by Gasteiger charge is 2.65. The number of hydrogen-bond acceptors (Lipinski definition) is 1. The van der Waals surface area contributed by atoms with Gasteiger partial charge in [-0.15, -0.1) is 3.89 Å². The Morgan fingerprint density at radius 1 is 1.10 bits per heavy atom. The van der Waals surface area contributed by atoms with E-state index < -0.39 is 20.7 Å². The van der Waals surface area contributed by atoms with E-state index in [1.54, 1.807) is 0 Å². The molecule has 0 saturated carbocycles. The maximum Gasteiger partial charge on any atom is 0.390 e. The summed E-state index contributed by atoms with van der Waals surface area (Å²) in [6, 6.07) is 0. The molecule has 0 aliphatic rings. The van der Waals surface area contributed by atoms with Crippen LogP contribution in [0, 0.1) is 0 Å². The summed E-state index contributed by atoms with van der Waals surface area (Å²) in [6.45, 7) is 0. The molecule has 0 amide bonds. The Labute approximate surface area is 59.1 Å². The van der Waals surface area contributed by atoms with Crippen molar-refractivity contribution in [2.75, 3.05) is 0 Å². The van der Waals surface area contributed by atoms with Gasteiger partial charge in [0, 0.05) is 10.7 Å². The summed E-state index contributed by atoms with van der Waals surface area (Å²) in [5.74, 6) is 0. The van der Waals surface area contributed by atoms with Gasteiger partial charge in [0.15, 0.2) is 10.3 Å². The molecule has 1 nitrogen and oxygen atoms in total. The second kappa shape index (κ2) is 1.75. The maximum atomic E-state index is 11.1. The van der Waals surface area contributed by atoms with Gasteiger partial charge in [-0.25, -0.2) is 0 Å². The summed E-state index contributed by atoms with van der Waals surface area (Å²) in [6.07, 6.45) is 0. The molecule has 0 aliphatic carbocycles. The minimum absolute atomic E-state index is 0.585. The minimum Gasteiger partial charge on any atom is -0.136 e. The topological polar surface area (TPSA) is 12.4 Å². The third-order valence-electron chi connectivity index (χ3n) is 0.197. The number of hydrogen-bond donors (Lipinski definition) is 0. The number of rotatable bonds is 1. The van der Waals surface area contributed by atoms with Crippen molar-refractivity contribution in [3.05, 3.63) is 0 Å². The molecule has 0 fully saturated rings. The van der Waals surface area contributed by atoms with Crippen molar-refractivity contribution in [2.45, 2.75) is 0 Å². The summed E-state index contributed by atoms with van der Waals surface area (Å²) >= 11 is 0. The van der Waals surface area contributed by atoms with Gasteiger partial charge in [0.1, 0.15) is 0 Å². The van der Waals surface area contributed by atoms with E-state index in [9.17, 15) is 23.3 Å². The molecule has 1 atom stereocenters.